The van der Waals surface area contributed by atoms with Crippen LogP contribution < -0.4 is 11.1 Å². The summed E-state index contributed by atoms with van der Waals surface area (Å²) in [6, 6.07) is 16.1. The molecule has 5 heteroatoms. The third-order valence-corrected chi connectivity index (χ3v) is 4.67. The number of nitrogens with zero attached hydrogens (tertiary/aromatic N) is 1. The fraction of sp³-hybridized carbons (Fsp3) is 0.350. The fourth-order valence-electron chi connectivity index (χ4n) is 3.28. The molecule has 0 saturated carbocycles. The van der Waals surface area contributed by atoms with Gasteiger partial charge in [0, 0.05) is 36.9 Å². The lowest BCUT2D eigenvalue weighted by Gasteiger charge is -2.32. The lowest BCUT2D eigenvalue weighted by molar-refractivity contribution is 0.0908. The van der Waals surface area contributed by atoms with Crippen LogP contribution in [0.1, 0.15) is 34.3 Å². The highest BCUT2D eigenvalue weighted by molar-refractivity contribution is 5.95. The van der Waals surface area contributed by atoms with Crippen LogP contribution in [0.2, 0.25) is 0 Å². The topological polar surface area (TPSA) is 58.4 Å². The number of rotatable bonds is 4. The van der Waals surface area contributed by atoms with Crippen LogP contribution in [0.5, 0.6) is 0 Å². The molecule has 2 aromatic carbocycles. The van der Waals surface area contributed by atoms with E-state index in [-0.39, 0.29) is 24.4 Å². The molecular formula is C20H26ClN3O. The van der Waals surface area contributed by atoms with Crippen molar-refractivity contribution in [1.82, 2.24) is 10.2 Å². The summed E-state index contributed by atoms with van der Waals surface area (Å²) in [5.74, 6) is 0.0439. The molecule has 0 radical (unpaired) electrons. The summed E-state index contributed by atoms with van der Waals surface area (Å²) >= 11 is 0. The summed E-state index contributed by atoms with van der Waals surface area (Å²) in [4.78, 5) is 14.8. The molecule has 25 heavy (non-hydrogen) atoms. The molecule has 0 unspecified atom stereocenters. The van der Waals surface area contributed by atoms with Crippen molar-refractivity contribution in [2.75, 3.05) is 18.8 Å². The normalized spacial score (nSPS) is 15.4. The van der Waals surface area contributed by atoms with E-state index in [0.717, 1.165) is 49.3 Å². The fourth-order valence-corrected chi connectivity index (χ4v) is 3.28. The molecule has 1 saturated heterocycles. The van der Waals surface area contributed by atoms with E-state index in [1.165, 1.54) is 5.56 Å². The van der Waals surface area contributed by atoms with Gasteiger partial charge in [0.2, 0.25) is 0 Å². The van der Waals surface area contributed by atoms with Gasteiger partial charge in [0.25, 0.3) is 5.91 Å². The van der Waals surface area contributed by atoms with E-state index in [1.807, 2.05) is 49.4 Å². The first-order valence-corrected chi connectivity index (χ1v) is 8.55. The molecule has 1 aliphatic heterocycles. The molecule has 1 amide bonds. The third kappa shape index (κ3) is 5.21. The Bertz CT molecular complexity index is 712. The molecule has 0 aliphatic carbocycles. The van der Waals surface area contributed by atoms with E-state index >= 15 is 0 Å². The van der Waals surface area contributed by atoms with E-state index in [9.17, 15) is 4.79 Å². The summed E-state index contributed by atoms with van der Waals surface area (Å²) in [7, 11) is 0. The summed E-state index contributed by atoms with van der Waals surface area (Å²) in [6.45, 7) is 4.88. The Kier molecular flexibility index (Phi) is 6.85. The van der Waals surface area contributed by atoms with Crippen molar-refractivity contribution in [3.63, 3.8) is 0 Å². The van der Waals surface area contributed by atoms with E-state index in [4.69, 9.17) is 5.73 Å². The zero-order valence-electron chi connectivity index (χ0n) is 14.6. The monoisotopic (exact) mass is 359 g/mol. The van der Waals surface area contributed by atoms with Crippen LogP contribution in [0.3, 0.4) is 0 Å². The number of halogens is 1. The Balaban J connectivity index is 0.00000225. The molecule has 0 atom stereocenters. The second-order valence-corrected chi connectivity index (χ2v) is 6.58. The number of aryl methyl sites for hydroxylation is 1. The van der Waals surface area contributed by atoms with Gasteiger partial charge in [-0.3, -0.25) is 9.69 Å². The van der Waals surface area contributed by atoms with Gasteiger partial charge in [-0.15, -0.1) is 12.4 Å². The van der Waals surface area contributed by atoms with Crippen LogP contribution >= 0.6 is 12.4 Å². The highest BCUT2D eigenvalue weighted by Gasteiger charge is 2.21. The number of piperidine rings is 1. The van der Waals surface area contributed by atoms with Gasteiger partial charge >= 0.3 is 0 Å². The van der Waals surface area contributed by atoms with Gasteiger partial charge < -0.3 is 11.1 Å². The Morgan fingerprint density at radius 3 is 2.56 bits per heavy atom. The number of nitrogens with one attached hydrogen (secondary N) is 1. The minimum Gasteiger partial charge on any atom is -0.399 e. The van der Waals surface area contributed by atoms with Gasteiger partial charge in [0.15, 0.2) is 0 Å². The van der Waals surface area contributed by atoms with Gasteiger partial charge in [-0.1, -0.05) is 30.3 Å². The predicted octanol–water partition coefficient (Wildman–Crippen LogP) is 3.39. The Labute approximate surface area is 155 Å². The van der Waals surface area contributed by atoms with E-state index < -0.39 is 0 Å². The SMILES string of the molecule is Cc1ccccc1C(=O)NC1CCN(Cc2cccc(N)c2)CC1.Cl. The summed E-state index contributed by atoms with van der Waals surface area (Å²) < 4.78 is 0. The number of nitrogens with two attached hydrogens (primary N) is 1. The number of amides is 1. The molecule has 134 valence electrons. The lowest BCUT2D eigenvalue weighted by Crippen LogP contribution is -2.44. The molecule has 0 spiro atoms. The van der Waals surface area contributed by atoms with Crippen molar-refractivity contribution in [3.05, 3.63) is 65.2 Å². The van der Waals surface area contributed by atoms with Crippen LogP contribution in [0, 0.1) is 6.92 Å². The van der Waals surface area contributed by atoms with Crippen molar-refractivity contribution in [2.24, 2.45) is 0 Å². The Morgan fingerprint density at radius 2 is 1.88 bits per heavy atom. The first kappa shape index (κ1) is 19.3. The minimum absolute atomic E-state index is 0. The quantitative estimate of drug-likeness (QED) is 0.822. The molecule has 3 rings (SSSR count). The van der Waals surface area contributed by atoms with Crippen LogP contribution in [0.15, 0.2) is 48.5 Å². The van der Waals surface area contributed by atoms with Gasteiger partial charge in [-0.2, -0.15) is 0 Å². The average molecular weight is 360 g/mol. The molecule has 4 nitrogen and oxygen atoms in total. The van der Waals surface area contributed by atoms with E-state index in [1.54, 1.807) is 0 Å². The Morgan fingerprint density at radius 1 is 1.16 bits per heavy atom. The summed E-state index contributed by atoms with van der Waals surface area (Å²) in [5, 5.41) is 3.18. The minimum atomic E-state index is 0. The zero-order chi connectivity index (χ0) is 16.9. The largest absolute Gasteiger partial charge is 0.399 e. The maximum atomic E-state index is 12.4. The van der Waals surface area contributed by atoms with Crippen LogP contribution in [0.4, 0.5) is 5.69 Å². The molecular weight excluding hydrogens is 334 g/mol. The Hall–Kier alpha value is -2.04. The molecule has 3 N–H and O–H groups in total. The van der Waals surface area contributed by atoms with Gasteiger partial charge in [0.1, 0.15) is 0 Å². The van der Waals surface area contributed by atoms with Gasteiger partial charge in [0.05, 0.1) is 0 Å². The average Bonchev–Trinajstić information content (AvgIpc) is 2.57. The number of benzene rings is 2. The second-order valence-electron chi connectivity index (χ2n) is 6.58. The van der Waals surface area contributed by atoms with Gasteiger partial charge in [-0.05, 0) is 49.1 Å². The zero-order valence-corrected chi connectivity index (χ0v) is 15.4. The smallest absolute Gasteiger partial charge is 0.251 e. The standard InChI is InChI=1S/C20H25N3O.ClH/c1-15-5-2-3-8-19(15)20(24)22-18-9-11-23(12-10-18)14-16-6-4-7-17(21)13-16;/h2-8,13,18H,9-12,14,21H2,1H3,(H,22,24);1H. The van der Waals surface area contributed by atoms with E-state index in [0.29, 0.717) is 0 Å². The second kappa shape index (κ2) is 8.88. The molecule has 0 bridgehead atoms. The third-order valence-electron chi connectivity index (χ3n) is 4.67. The number of hydrogen-bond acceptors (Lipinski definition) is 3. The number of hydrogen-bond donors (Lipinski definition) is 2. The molecule has 1 aliphatic rings. The summed E-state index contributed by atoms with van der Waals surface area (Å²) in [5.41, 5.74) is 9.70. The first-order valence-electron chi connectivity index (χ1n) is 8.55. The van der Waals surface area contributed by atoms with Crippen molar-refractivity contribution < 1.29 is 4.79 Å². The molecule has 2 aromatic rings. The van der Waals surface area contributed by atoms with Crippen LogP contribution in [-0.2, 0) is 6.54 Å². The van der Waals surface area contributed by atoms with Crippen molar-refractivity contribution >= 4 is 24.0 Å². The molecule has 1 fully saturated rings. The van der Waals surface area contributed by atoms with E-state index in [2.05, 4.69) is 16.3 Å². The summed E-state index contributed by atoms with van der Waals surface area (Å²) in [6.07, 6.45) is 1.97. The van der Waals surface area contributed by atoms with Crippen LogP contribution in [-0.4, -0.2) is 29.9 Å². The number of likely N-dealkylation sites (tertiary alicyclic amines) is 1. The maximum Gasteiger partial charge on any atom is 0.251 e. The van der Waals surface area contributed by atoms with Crippen molar-refractivity contribution in [1.29, 1.82) is 0 Å². The molecule has 0 aromatic heterocycles. The number of nitrogen functional groups attached to an aromatic ring is 1. The predicted molar refractivity (Wildman–Crippen MR) is 105 cm³/mol. The highest BCUT2D eigenvalue weighted by Crippen LogP contribution is 2.16. The van der Waals surface area contributed by atoms with Gasteiger partial charge in [-0.25, -0.2) is 0 Å². The molecule has 1 heterocycles. The number of anilines is 1. The maximum absolute atomic E-state index is 12.4. The lowest BCUT2D eigenvalue weighted by atomic mass is 10.0. The first-order chi connectivity index (χ1) is 11.6. The number of carbonyl (C=O) groups is 1. The number of carbonyl (C=O) groups excluding carboxylic acids is 1. The van der Waals surface area contributed by atoms with Crippen molar-refractivity contribution in [2.45, 2.75) is 32.4 Å². The highest BCUT2D eigenvalue weighted by atomic mass is 35.5. The van der Waals surface area contributed by atoms with Crippen molar-refractivity contribution in [3.8, 4) is 0 Å². The van der Waals surface area contributed by atoms with Crippen LogP contribution in [0.25, 0.3) is 0 Å².